The van der Waals surface area contributed by atoms with Crippen LogP contribution in [-0.2, 0) is 11.2 Å². The Morgan fingerprint density at radius 1 is 1.44 bits per heavy atom. The summed E-state index contributed by atoms with van der Waals surface area (Å²) in [6.45, 7) is 6.64. The third-order valence-corrected chi connectivity index (χ3v) is 3.21. The lowest BCUT2D eigenvalue weighted by molar-refractivity contribution is -0.115. The fourth-order valence-corrected chi connectivity index (χ4v) is 2.26. The van der Waals surface area contributed by atoms with E-state index in [1.54, 1.807) is 17.0 Å². The molecule has 0 aromatic heterocycles. The summed E-state index contributed by atoms with van der Waals surface area (Å²) in [5.41, 5.74) is 2.36. The van der Waals surface area contributed by atoms with Crippen molar-refractivity contribution in [2.24, 2.45) is 0 Å². The third kappa shape index (κ3) is 2.23. The highest BCUT2D eigenvalue weighted by Gasteiger charge is 2.21. The first kappa shape index (κ1) is 12.6. The van der Waals surface area contributed by atoms with Crippen LogP contribution in [0.2, 0.25) is 0 Å². The zero-order chi connectivity index (χ0) is 13.3. The zero-order valence-corrected chi connectivity index (χ0v) is 11.0. The van der Waals surface area contributed by atoms with Crippen LogP contribution in [-0.4, -0.2) is 29.3 Å². The molecule has 4 nitrogen and oxygen atoms in total. The van der Waals surface area contributed by atoms with Crippen LogP contribution in [0.3, 0.4) is 0 Å². The number of hydrogen-bond donors (Lipinski definition) is 1. The minimum atomic E-state index is -0.00851. The zero-order valence-electron chi connectivity index (χ0n) is 11.0. The summed E-state index contributed by atoms with van der Waals surface area (Å²) in [6, 6.07) is 5.60. The van der Waals surface area contributed by atoms with Gasteiger partial charge in [-0.25, -0.2) is 0 Å². The van der Waals surface area contributed by atoms with E-state index in [-0.39, 0.29) is 17.9 Å². The summed E-state index contributed by atoms with van der Waals surface area (Å²) in [6.07, 6.45) is 0.408. The van der Waals surface area contributed by atoms with Crippen LogP contribution in [0.4, 0.5) is 5.69 Å². The standard InChI is InChI=1S/C14H18N2O2/c1-4-16(9(2)3)14(18)11-6-5-10-8-13(17)15-12(10)7-11/h5-7,9H,4,8H2,1-3H3,(H,15,17). The first-order valence-electron chi connectivity index (χ1n) is 6.26. The number of benzene rings is 1. The van der Waals surface area contributed by atoms with Crippen molar-refractivity contribution in [3.8, 4) is 0 Å². The van der Waals surface area contributed by atoms with Gasteiger partial charge >= 0.3 is 0 Å². The van der Waals surface area contributed by atoms with E-state index >= 15 is 0 Å². The van der Waals surface area contributed by atoms with E-state index < -0.39 is 0 Å². The molecular weight excluding hydrogens is 228 g/mol. The number of rotatable bonds is 3. The van der Waals surface area contributed by atoms with Gasteiger partial charge < -0.3 is 10.2 Å². The fourth-order valence-electron chi connectivity index (χ4n) is 2.26. The molecular formula is C14H18N2O2. The summed E-state index contributed by atoms with van der Waals surface area (Å²) < 4.78 is 0. The molecule has 2 rings (SSSR count). The molecule has 1 aromatic carbocycles. The molecule has 0 unspecified atom stereocenters. The highest BCUT2D eigenvalue weighted by molar-refractivity contribution is 6.02. The number of fused-ring (bicyclic) bond motifs is 1. The SMILES string of the molecule is CCN(C(=O)c1ccc2c(c1)NC(=O)C2)C(C)C. The van der Waals surface area contributed by atoms with Crippen molar-refractivity contribution in [1.82, 2.24) is 4.90 Å². The molecule has 0 fully saturated rings. The van der Waals surface area contributed by atoms with Crippen LogP contribution in [0.1, 0.15) is 36.7 Å². The first-order chi connectivity index (χ1) is 8.52. The van der Waals surface area contributed by atoms with E-state index in [4.69, 9.17) is 0 Å². The lowest BCUT2D eigenvalue weighted by Gasteiger charge is -2.25. The summed E-state index contributed by atoms with van der Waals surface area (Å²) >= 11 is 0. The maximum Gasteiger partial charge on any atom is 0.254 e. The molecule has 18 heavy (non-hydrogen) atoms. The summed E-state index contributed by atoms with van der Waals surface area (Å²) in [7, 11) is 0. The van der Waals surface area contributed by atoms with Gasteiger partial charge in [0, 0.05) is 23.8 Å². The van der Waals surface area contributed by atoms with Crippen molar-refractivity contribution in [2.45, 2.75) is 33.2 Å². The molecule has 0 aliphatic carbocycles. The average molecular weight is 246 g/mol. The van der Waals surface area contributed by atoms with Crippen LogP contribution in [0.15, 0.2) is 18.2 Å². The highest BCUT2D eigenvalue weighted by Crippen LogP contribution is 2.24. The van der Waals surface area contributed by atoms with Crippen molar-refractivity contribution in [2.75, 3.05) is 11.9 Å². The number of anilines is 1. The van der Waals surface area contributed by atoms with Gasteiger partial charge in [0.2, 0.25) is 5.91 Å². The van der Waals surface area contributed by atoms with Crippen LogP contribution >= 0.6 is 0 Å². The van der Waals surface area contributed by atoms with Crippen LogP contribution in [0, 0.1) is 0 Å². The highest BCUT2D eigenvalue weighted by atomic mass is 16.2. The van der Waals surface area contributed by atoms with Crippen LogP contribution in [0.25, 0.3) is 0 Å². The molecule has 4 heteroatoms. The van der Waals surface area contributed by atoms with Gasteiger partial charge in [-0.2, -0.15) is 0 Å². The Balaban J connectivity index is 2.27. The van der Waals surface area contributed by atoms with Crippen molar-refractivity contribution >= 4 is 17.5 Å². The number of nitrogens with one attached hydrogen (secondary N) is 1. The van der Waals surface area contributed by atoms with Gasteiger partial charge in [-0.05, 0) is 38.5 Å². The quantitative estimate of drug-likeness (QED) is 0.887. The number of nitrogens with zero attached hydrogens (tertiary/aromatic N) is 1. The van der Waals surface area contributed by atoms with E-state index in [0.717, 1.165) is 11.3 Å². The largest absolute Gasteiger partial charge is 0.337 e. The lowest BCUT2D eigenvalue weighted by atomic mass is 10.1. The van der Waals surface area contributed by atoms with Gasteiger partial charge in [0.05, 0.1) is 6.42 Å². The Kier molecular flexibility index (Phi) is 3.36. The minimum absolute atomic E-state index is 0.00851. The predicted molar refractivity (Wildman–Crippen MR) is 70.6 cm³/mol. The molecule has 1 aliphatic heterocycles. The molecule has 1 heterocycles. The Hall–Kier alpha value is -1.84. The van der Waals surface area contributed by atoms with Gasteiger partial charge in [-0.3, -0.25) is 9.59 Å². The molecule has 0 saturated carbocycles. The molecule has 0 saturated heterocycles. The number of hydrogen-bond acceptors (Lipinski definition) is 2. The second-order valence-electron chi connectivity index (χ2n) is 4.78. The lowest BCUT2D eigenvalue weighted by Crippen LogP contribution is -2.36. The summed E-state index contributed by atoms with van der Waals surface area (Å²) in [4.78, 5) is 25.4. The Morgan fingerprint density at radius 3 is 2.78 bits per heavy atom. The van der Waals surface area contributed by atoms with Gasteiger partial charge in [0.15, 0.2) is 0 Å². The Bertz CT molecular complexity index is 495. The molecule has 1 aliphatic rings. The maximum absolute atomic E-state index is 12.3. The molecule has 1 aromatic rings. The van der Waals surface area contributed by atoms with E-state index in [1.165, 1.54) is 0 Å². The smallest absolute Gasteiger partial charge is 0.254 e. The predicted octanol–water partition coefficient (Wildman–Crippen LogP) is 2.05. The molecule has 0 atom stereocenters. The Labute approximate surface area is 107 Å². The van der Waals surface area contributed by atoms with Gasteiger partial charge in [0.1, 0.15) is 0 Å². The Morgan fingerprint density at radius 2 is 2.17 bits per heavy atom. The monoisotopic (exact) mass is 246 g/mol. The second kappa shape index (κ2) is 4.80. The van der Waals surface area contributed by atoms with Gasteiger partial charge in [0.25, 0.3) is 5.91 Å². The van der Waals surface area contributed by atoms with E-state index in [9.17, 15) is 9.59 Å². The minimum Gasteiger partial charge on any atom is -0.337 e. The van der Waals surface area contributed by atoms with Crippen LogP contribution in [0.5, 0.6) is 0 Å². The topological polar surface area (TPSA) is 49.4 Å². The van der Waals surface area contributed by atoms with E-state index in [2.05, 4.69) is 5.32 Å². The fraction of sp³-hybridized carbons (Fsp3) is 0.429. The molecule has 0 radical (unpaired) electrons. The van der Waals surface area contributed by atoms with Crippen molar-refractivity contribution in [3.05, 3.63) is 29.3 Å². The number of carbonyl (C=O) groups is 2. The van der Waals surface area contributed by atoms with E-state index in [0.29, 0.717) is 18.5 Å². The number of carbonyl (C=O) groups excluding carboxylic acids is 2. The molecule has 1 N–H and O–H groups in total. The maximum atomic E-state index is 12.3. The van der Waals surface area contributed by atoms with Crippen molar-refractivity contribution < 1.29 is 9.59 Å². The van der Waals surface area contributed by atoms with Crippen molar-refractivity contribution in [3.63, 3.8) is 0 Å². The second-order valence-corrected chi connectivity index (χ2v) is 4.78. The first-order valence-corrected chi connectivity index (χ1v) is 6.26. The van der Waals surface area contributed by atoms with Crippen LogP contribution < -0.4 is 5.32 Å². The molecule has 0 bridgehead atoms. The summed E-state index contributed by atoms with van der Waals surface area (Å²) in [5.74, 6) is 0.00209. The third-order valence-electron chi connectivity index (χ3n) is 3.21. The van der Waals surface area contributed by atoms with Gasteiger partial charge in [-0.1, -0.05) is 6.07 Å². The normalized spacial score (nSPS) is 13.4. The number of amides is 2. The summed E-state index contributed by atoms with van der Waals surface area (Å²) in [5, 5.41) is 2.77. The molecule has 0 spiro atoms. The molecule has 2 amide bonds. The van der Waals surface area contributed by atoms with Crippen molar-refractivity contribution in [1.29, 1.82) is 0 Å². The molecule has 96 valence electrons. The average Bonchev–Trinajstić information content (AvgIpc) is 2.68. The van der Waals surface area contributed by atoms with Gasteiger partial charge in [-0.15, -0.1) is 0 Å². The van der Waals surface area contributed by atoms with E-state index in [1.807, 2.05) is 26.8 Å².